The minimum atomic E-state index is 0.336. The van der Waals surface area contributed by atoms with Crippen molar-refractivity contribution in [2.24, 2.45) is 11.8 Å². The summed E-state index contributed by atoms with van der Waals surface area (Å²) in [6.45, 7) is 3.22. The maximum absolute atomic E-state index is 6.37. The molecule has 2 heterocycles. The summed E-state index contributed by atoms with van der Waals surface area (Å²) in [5.74, 6) is 1.52. The van der Waals surface area contributed by atoms with Crippen molar-refractivity contribution in [3.8, 4) is 0 Å². The van der Waals surface area contributed by atoms with Gasteiger partial charge in [0.05, 0.1) is 6.10 Å². The predicted molar refractivity (Wildman–Crippen MR) is 105 cm³/mol. The second-order valence-corrected chi connectivity index (χ2v) is 8.54. The second kappa shape index (κ2) is 8.12. The third-order valence-corrected chi connectivity index (χ3v) is 6.80. The number of hydrogen-bond donors (Lipinski definition) is 1. The van der Waals surface area contributed by atoms with Crippen LogP contribution in [0.3, 0.4) is 0 Å². The van der Waals surface area contributed by atoms with Gasteiger partial charge < -0.3 is 10.1 Å². The average molecular weight is 342 g/mol. The molecule has 25 heavy (non-hydrogen) atoms. The van der Waals surface area contributed by atoms with Crippen molar-refractivity contribution >= 4 is 5.69 Å². The number of ether oxygens (including phenoxy) is 1. The molecule has 3 aliphatic rings. The van der Waals surface area contributed by atoms with Crippen LogP contribution in [0.2, 0.25) is 0 Å². The van der Waals surface area contributed by atoms with Crippen LogP contribution in [0.5, 0.6) is 0 Å². The molecule has 1 aromatic carbocycles. The SMILES string of the molecule is CCCCCc1ccc2c(c1)[C@H]1OCCC[C@H]1C(C1CCCCC1)N2. The van der Waals surface area contributed by atoms with Gasteiger partial charge in [0.25, 0.3) is 0 Å². The molecule has 0 aromatic heterocycles. The Kier molecular flexibility index (Phi) is 5.65. The van der Waals surface area contributed by atoms with Crippen LogP contribution in [0.25, 0.3) is 0 Å². The van der Waals surface area contributed by atoms with Gasteiger partial charge in [-0.15, -0.1) is 0 Å². The minimum Gasteiger partial charge on any atom is -0.381 e. The van der Waals surface area contributed by atoms with Gasteiger partial charge in [-0.1, -0.05) is 51.2 Å². The first-order valence-electron chi connectivity index (χ1n) is 10.9. The Morgan fingerprint density at radius 1 is 1.04 bits per heavy atom. The fraction of sp³-hybridized carbons (Fsp3) is 0.739. The zero-order chi connectivity index (χ0) is 17.1. The van der Waals surface area contributed by atoms with Gasteiger partial charge in [-0.3, -0.25) is 0 Å². The lowest BCUT2D eigenvalue weighted by atomic mass is 9.71. The summed E-state index contributed by atoms with van der Waals surface area (Å²) in [6, 6.07) is 7.78. The lowest BCUT2D eigenvalue weighted by Crippen LogP contribution is -2.46. The van der Waals surface area contributed by atoms with Crippen molar-refractivity contribution in [1.82, 2.24) is 0 Å². The largest absolute Gasteiger partial charge is 0.381 e. The maximum Gasteiger partial charge on any atom is 0.0892 e. The number of nitrogens with one attached hydrogen (secondary N) is 1. The molecule has 1 saturated carbocycles. The zero-order valence-corrected chi connectivity index (χ0v) is 15.9. The molecule has 1 aliphatic carbocycles. The van der Waals surface area contributed by atoms with E-state index in [4.69, 9.17) is 4.74 Å². The van der Waals surface area contributed by atoms with E-state index in [1.54, 1.807) is 0 Å². The molecule has 138 valence electrons. The van der Waals surface area contributed by atoms with Gasteiger partial charge in [-0.25, -0.2) is 0 Å². The van der Waals surface area contributed by atoms with Crippen LogP contribution in [0.1, 0.15) is 88.4 Å². The first-order valence-corrected chi connectivity index (χ1v) is 10.9. The lowest BCUT2D eigenvalue weighted by molar-refractivity contribution is -0.0458. The van der Waals surface area contributed by atoms with Crippen molar-refractivity contribution in [2.75, 3.05) is 11.9 Å². The quantitative estimate of drug-likeness (QED) is 0.638. The number of unbranched alkanes of at least 4 members (excludes halogenated alkanes) is 2. The molecule has 2 nitrogen and oxygen atoms in total. The molecule has 0 spiro atoms. The molecule has 1 unspecified atom stereocenters. The van der Waals surface area contributed by atoms with Crippen molar-refractivity contribution in [2.45, 2.75) is 89.7 Å². The lowest BCUT2D eigenvalue weighted by Gasteiger charge is -2.47. The Balaban J connectivity index is 1.57. The van der Waals surface area contributed by atoms with Gasteiger partial charge >= 0.3 is 0 Å². The second-order valence-electron chi connectivity index (χ2n) is 8.54. The standard InChI is InChI=1S/C23H35NO/c1-2-3-5-9-17-13-14-21-20(16-17)23-19(12-8-15-25-23)22(24-21)18-10-6-4-7-11-18/h13-14,16,18-19,22-24H,2-12,15H2,1H3/t19-,22?,23-/m0/s1. The summed E-state index contributed by atoms with van der Waals surface area (Å²) < 4.78 is 6.37. The number of benzene rings is 1. The summed E-state index contributed by atoms with van der Waals surface area (Å²) in [6.07, 6.45) is 15.1. The molecule has 3 atom stereocenters. The summed E-state index contributed by atoms with van der Waals surface area (Å²) in [5.41, 5.74) is 4.31. The fourth-order valence-electron chi connectivity index (χ4n) is 5.45. The van der Waals surface area contributed by atoms with E-state index in [1.165, 1.54) is 87.4 Å². The number of anilines is 1. The van der Waals surface area contributed by atoms with Crippen LogP contribution in [0.15, 0.2) is 18.2 Å². The third-order valence-electron chi connectivity index (χ3n) is 6.80. The molecule has 2 heteroatoms. The Hall–Kier alpha value is -1.02. The van der Waals surface area contributed by atoms with Crippen LogP contribution in [-0.4, -0.2) is 12.6 Å². The normalized spacial score (nSPS) is 29.6. The number of fused-ring (bicyclic) bond motifs is 3. The monoisotopic (exact) mass is 341 g/mol. The summed E-state index contributed by atoms with van der Waals surface area (Å²) in [7, 11) is 0. The van der Waals surface area contributed by atoms with E-state index >= 15 is 0 Å². The molecule has 4 rings (SSSR count). The topological polar surface area (TPSA) is 21.3 Å². The van der Waals surface area contributed by atoms with Gasteiger partial charge in [-0.2, -0.15) is 0 Å². The Labute approximate surface area is 153 Å². The molecular formula is C23H35NO. The molecular weight excluding hydrogens is 306 g/mol. The van der Waals surface area contributed by atoms with Crippen molar-refractivity contribution in [3.05, 3.63) is 29.3 Å². The molecule has 1 N–H and O–H groups in total. The smallest absolute Gasteiger partial charge is 0.0892 e. The Morgan fingerprint density at radius 2 is 1.92 bits per heavy atom. The molecule has 0 radical (unpaired) electrons. The van der Waals surface area contributed by atoms with E-state index in [9.17, 15) is 0 Å². The highest BCUT2D eigenvalue weighted by Gasteiger charge is 2.42. The van der Waals surface area contributed by atoms with Gasteiger partial charge in [-0.05, 0) is 56.1 Å². The van der Waals surface area contributed by atoms with Gasteiger partial charge in [0.15, 0.2) is 0 Å². The summed E-state index contributed by atoms with van der Waals surface area (Å²) in [4.78, 5) is 0. The van der Waals surface area contributed by atoms with E-state index in [2.05, 4.69) is 30.4 Å². The zero-order valence-electron chi connectivity index (χ0n) is 15.9. The molecule has 0 bridgehead atoms. The van der Waals surface area contributed by atoms with E-state index in [0.717, 1.165) is 12.5 Å². The number of aryl methyl sites for hydroxylation is 1. The molecule has 2 aliphatic heterocycles. The van der Waals surface area contributed by atoms with Crippen LogP contribution in [-0.2, 0) is 11.2 Å². The molecule has 0 amide bonds. The fourth-order valence-corrected chi connectivity index (χ4v) is 5.45. The van der Waals surface area contributed by atoms with E-state index in [0.29, 0.717) is 18.1 Å². The van der Waals surface area contributed by atoms with Gasteiger partial charge in [0, 0.05) is 29.8 Å². The Bertz CT molecular complexity index is 563. The first kappa shape index (κ1) is 17.4. The maximum atomic E-state index is 6.37. The average Bonchev–Trinajstić information content (AvgIpc) is 2.68. The molecule has 2 fully saturated rings. The molecule has 1 saturated heterocycles. The van der Waals surface area contributed by atoms with Crippen molar-refractivity contribution < 1.29 is 4.74 Å². The van der Waals surface area contributed by atoms with Gasteiger partial charge in [0.2, 0.25) is 0 Å². The van der Waals surface area contributed by atoms with E-state index in [-0.39, 0.29) is 0 Å². The highest BCUT2D eigenvalue weighted by atomic mass is 16.5. The van der Waals surface area contributed by atoms with E-state index in [1.807, 2.05) is 0 Å². The Morgan fingerprint density at radius 3 is 2.76 bits per heavy atom. The van der Waals surface area contributed by atoms with Crippen LogP contribution in [0.4, 0.5) is 5.69 Å². The number of rotatable bonds is 5. The van der Waals surface area contributed by atoms with E-state index < -0.39 is 0 Å². The summed E-state index contributed by atoms with van der Waals surface area (Å²) in [5, 5.41) is 3.98. The third kappa shape index (κ3) is 3.74. The summed E-state index contributed by atoms with van der Waals surface area (Å²) >= 11 is 0. The highest BCUT2D eigenvalue weighted by Crippen LogP contribution is 2.47. The highest BCUT2D eigenvalue weighted by molar-refractivity contribution is 5.57. The predicted octanol–water partition coefficient (Wildman–Crippen LogP) is 6.26. The minimum absolute atomic E-state index is 0.336. The molecule has 1 aromatic rings. The van der Waals surface area contributed by atoms with Gasteiger partial charge in [0.1, 0.15) is 0 Å². The first-order chi connectivity index (χ1) is 12.4. The number of hydrogen-bond acceptors (Lipinski definition) is 2. The van der Waals surface area contributed by atoms with Crippen LogP contribution < -0.4 is 5.32 Å². The van der Waals surface area contributed by atoms with Crippen LogP contribution in [0, 0.1) is 11.8 Å². The van der Waals surface area contributed by atoms with Crippen molar-refractivity contribution in [3.63, 3.8) is 0 Å². The van der Waals surface area contributed by atoms with Crippen LogP contribution >= 0.6 is 0 Å². The van der Waals surface area contributed by atoms with Crippen molar-refractivity contribution in [1.29, 1.82) is 0 Å².